The highest BCUT2D eigenvalue weighted by Gasteiger charge is 2.36. The molecule has 6 nitrogen and oxygen atoms in total. The van der Waals surface area contributed by atoms with Crippen molar-refractivity contribution >= 4 is 28.3 Å². The lowest BCUT2D eigenvalue weighted by molar-refractivity contribution is 0.0965. The molecule has 110 valence electrons. The highest BCUT2D eigenvalue weighted by atomic mass is 32.1. The van der Waals surface area contributed by atoms with E-state index in [4.69, 9.17) is 5.73 Å². The number of nitrogens with zero attached hydrogens (tertiary/aromatic N) is 2. The smallest absolute Gasteiger partial charge is 0.257 e. The Hall–Kier alpha value is -1.34. The Morgan fingerprint density at radius 1 is 1.40 bits per heavy atom. The molecule has 0 aliphatic carbocycles. The van der Waals surface area contributed by atoms with Crippen LogP contribution in [0.1, 0.15) is 36.0 Å². The summed E-state index contributed by atoms with van der Waals surface area (Å²) in [7, 11) is 1.61. The minimum Gasteiger partial charge on any atom is -0.382 e. The molecule has 7 heteroatoms. The second kappa shape index (κ2) is 5.57. The number of carbonyl (C=O) groups is 1. The maximum Gasteiger partial charge on any atom is 0.257 e. The first kappa shape index (κ1) is 13.6. The van der Waals surface area contributed by atoms with Crippen LogP contribution in [0.5, 0.6) is 0 Å². The molecule has 0 saturated carbocycles. The molecule has 2 unspecified atom stereocenters. The molecule has 0 radical (unpaired) electrons. The Kier molecular flexibility index (Phi) is 3.80. The number of amides is 1. The summed E-state index contributed by atoms with van der Waals surface area (Å²) >= 11 is 1.28. The zero-order chi connectivity index (χ0) is 14.1. The van der Waals surface area contributed by atoms with Crippen LogP contribution >= 0.6 is 11.5 Å². The van der Waals surface area contributed by atoms with Gasteiger partial charge in [-0.25, -0.2) is 0 Å². The van der Waals surface area contributed by atoms with Gasteiger partial charge in [0.15, 0.2) is 5.82 Å². The summed E-state index contributed by atoms with van der Waals surface area (Å²) in [4.78, 5) is 14.5. The highest BCUT2D eigenvalue weighted by Crippen LogP contribution is 2.33. The van der Waals surface area contributed by atoms with Gasteiger partial charge >= 0.3 is 0 Å². The van der Waals surface area contributed by atoms with E-state index >= 15 is 0 Å². The Labute approximate surface area is 122 Å². The lowest BCUT2D eigenvalue weighted by Crippen LogP contribution is -2.41. The zero-order valence-electron chi connectivity index (χ0n) is 11.7. The van der Waals surface area contributed by atoms with Crippen LogP contribution in [0.3, 0.4) is 0 Å². The molecule has 4 N–H and O–H groups in total. The third-order valence-electron chi connectivity index (χ3n) is 4.35. The van der Waals surface area contributed by atoms with Crippen molar-refractivity contribution in [3.05, 3.63) is 5.56 Å². The number of nitrogens with one attached hydrogen (secondary N) is 2. The van der Waals surface area contributed by atoms with E-state index in [2.05, 4.69) is 19.9 Å². The van der Waals surface area contributed by atoms with Crippen molar-refractivity contribution < 1.29 is 4.79 Å². The number of nitrogen functional groups attached to an aromatic ring is 1. The third-order valence-corrected chi connectivity index (χ3v) is 5.14. The number of rotatable bonds is 3. The number of hydrogen-bond donors (Lipinski definition) is 3. The predicted molar refractivity (Wildman–Crippen MR) is 81.2 cm³/mol. The van der Waals surface area contributed by atoms with Crippen molar-refractivity contribution in [2.75, 3.05) is 31.2 Å². The van der Waals surface area contributed by atoms with Gasteiger partial charge in [0.05, 0.1) is 0 Å². The summed E-state index contributed by atoms with van der Waals surface area (Å²) < 4.78 is 4.11. The van der Waals surface area contributed by atoms with Crippen LogP contribution in [0, 0.1) is 0 Å². The molecule has 2 atom stereocenters. The van der Waals surface area contributed by atoms with Crippen molar-refractivity contribution in [3.8, 4) is 0 Å². The van der Waals surface area contributed by atoms with Gasteiger partial charge in [0.1, 0.15) is 10.6 Å². The molecule has 1 aromatic rings. The van der Waals surface area contributed by atoms with Gasteiger partial charge in [0.2, 0.25) is 0 Å². The monoisotopic (exact) mass is 295 g/mol. The third kappa shape index (κ3) is 2.35. The largest absolute Gasteiger partial charge is 0.382 e. The number of aromatic nitrogens is 1. The molecule has 20 heavy (non-hydrogen) atoms. The van der Waals surface area contributed by atoms with E-state index in [0.29, 0.717) is 23.5 Å². The van der Waals surface area contributed by atoms with Crippen molar-refractivity contribution in [2.24, 2.45) is 0 Å². The average Bonchev–Trinajstić information content (AvgIpc) is 3.03. The first-order valence-electron chi connectivity index (χ1n) is 7.18. The summed E-state index contributed by atoms with van der Waals surface area (Å²) in [5.74, 6) is 0.146. The van der Waals surface area contributed by atoms with Crippen LogP contribution in [-0.2, 0) is 0 Å². The minimum absolute atomic E-state index is 0.169. The Morgan fingerprint density at radius 2 is 2.25 bits per heavy atom. The molecule has 2 fully saturated rings. The van der Waals surface area contributed by atoms with Crippen molar-refractivity contribution in [3.63, 3.8) is 0 Å². The van der Waals surface area contributed by atoms with Gasteiger partial charge in [-0.15, -0.1) is 0 Å². The van der Waals surface area contributed by atoms with E-state index in [0.717, 1.165) is 18.0 Å². The SMILES string of the molecule is CNC(=O)c1c(N)nsc1NC1CCN2CCCCC12. The molecule has 1 aromatic heterocycles. The standard InChI is InChI=1S/C13H21N5OS/c1-15-12(19)10-11(14)17-20-13(10)16-8-5-7-18-6-3-2-4-9(8)18/h8-9,16H,2-7H2,1H3,(H2,14,17)(H,15,19). The van der Waals surface area contributed by atoms with Crippen LogP contribution in [0.15, 0.2) is 0 Å². The molecule has 2 aliphatic rings. The average molecular weight is 295 g/mol. The molecule has 1 amide bonds. The maximum atomic E-state index is 11.9. The van der Waals surface area contributed by atoms with Crippen LogP contribution in [0.2, 0.25) is 0 Å². The molecule has 0 bridgehead atoms. The number of carbonyl (C=O) groups excluding carboxylic acids is 1. The second-order valence-electron chi connectivity index (χ2n) is 5.49. The summed E-state index contributed by atoms with van der Waals surface area (Å²) in [6.45, 7) is 2.35. The van der Waals surface area contributed by atoms with Gasteiger partial charge in [-0.1, -0.05) is 6.42 Å². The quantitative estimate of drug-likeness (QED) is 0.778. The number of anilines is 2. The topological polar surface area (TPSA) is 83.3 Å². The van der Waals surface area contributed by atoms with E-state index in [-0.39, 0.29) is 5.91 Å². The molecule has 3 rings (SSSR count). The summed E-state index contributed by atoms with van der Waals surface area (Å²) in [5, 5.41) is 6.95. The van der Waals surface area contributed by atoms with E-state index in [1.165, 1.54) is 37.3 Å². The molecule has 2 saturated heterocycles. The second-order valence-corrected chi connectivity index (χ2v) is 6.26. The maximum absolute atomic E-state index is 11.9. The lowest BCUT2D eigenvalue weighted by atomic mass is 9.99. The number of piperidine rings is 1. The van der Waals surface area contributed by atoms with Gasteiger partial charge in [-0.05, 0) is 37.3 Å². The van der Waals surface area contributed by atoms with Crippen molar-refractivity contribution in [1.82, 2.24) is 14.6 Å². The Bertz CT molecular complexity index is 503. The molecular weight excluding hydrogens is 274 g/mol. The van der Waals surface area contributed by atoms with E-state index < -0.39 is 0 Å². The van der Waals surface area contributed by atoms with Gasteiger partial charge in [-0.3, -0.25) is 9.69 Å². The zero-order valence-corrected chi connectivity index (χ0v) is 12.5. The predicted octanol–water partition coefficient (Wildman–Crippen LogP) is 1.12. The highest BCUT2D eigenvalue weighted by molar-refractivity contribution is 7.11. The normalized spacial score (nSPS) is 26.2. The van der Waals surface area contributed by atoms with Crippen molar-refractivity contribution in [1.29, 1.82) is 0 Å². The molecule has 0 spiro atoms. The first-order valence-corrected chi connectivity index (χ1v) is 7.96. The number of nitrogens with two attached hydrogens (primary N) is 1. The first-order chi connectivity index (χ1) is 9.70. The fourth-order valence-electron chi connectivity index (χ4n) is 3.33. The molecular formula is C13H21N5OS. The van der Waals surface area contributed by atoms with E-state index in [1.54, 1.807) is 7.05 Å². The fourth-order valence-corrected chi connectivity index (χ4v) is 4.10. The Morgan fingerprint density at radius 3 is 3.05 bits per heavy atom. The summed E-state index contributed by atoms with van der Waals surface area (Å²) in [6.07, 6.45) is 4.96. The summed E-state index contributed by atoms with van der Waals surface area (Å²) in [5.41, 5.74) is 6.30. The lowest BCUT2D eigenvalue weighted by Gasteiger charge is -2.32. The number of hydrogen-bond acceptors (Lipinski definition) is 6. The van der Waals surface area contributed by atoms with E-state index in [9.17, 15) is 4.79 Å². The van der Waals surface area contributed by atoms with Crippen molar-refractivity contribution in [2.45, 2.75) is 37.8 Å². The van der Waals surface area contributed by atoms with Crippen LogP contribution in [0.25, 0.3) is 0 Å². The summed E-state index contributed by atoms with van der Waals surface area (Å²) in [6, 6.07) is 0.989. The molecule has 3 heterocycles. The van der Waals surface area contributed by atoms with Gasteiger partial charge in [0.25, 0.3) is 5.91 Å². The van der Waals surface area contributed by atoms with Crippen LogP contribution < -0.4 is 16.4 Å². The van der Waals surface area contributed by atoms with Crippen LogP contribution in [-0.4, -0.2) is 47.4 Å². The van der Waals surface area contributed by atoms with Gasteiger partial charge in [0, 0.05) is 25.7 Å². The Balaban J connectivity index is 1.76. The van der Waals surface area contributed by atoms with Crippen LogP contribution in [0.4, 0.5) is 10.8 Å². The number of fused-ring (bicyclic) bond motifs is 1. The van der Waals surface area contributed by atoms with Gasteiger partial charge < -0.3 is 16.4 Å². The molecule has 2 aliphatic heterocycles. The van der Waals surface area contributed by atoms with Gasteiger partial charge in [-0.2, -0.15) is 4.37 Å². The molecule has 0 aromatic carbocycles. The fraction of sp³-hybridized carbons (Fsp3) is 0.692. The van der Waals surface area contributed by atoms with E-state index in [1.807, 2.05) is 0 Å². The minimum atomic E-state index is -0.169.